The predicted octanol–water partition coefficient (Wildman–Crippen LogP) is 2.32. The summed E-state index contributed by atoms with van der Waals surface area (Å²) in [6, 6.07) is 0.874. The number of rotatable bonds is 5. The van der Waals surface area contributed by atoms with E-state index in [2.05, 4.69) is 19.2 Å². The van der Waals surface area contributed by atoms with E-state index in [-0.39, 0.29) is 6.61 Å². The van der Waals surface area contributed by atoms with Gasteiger partial charge < -0.3 is 10.4 Å². The van der Waals surface area contributed by atoms with Gasteiger partial charge in [0, 0.05) is 12.1 Å². The molecule has 0 bridgehead atoms. The largest absolute Gasteiger partial charge is 0.395 e. The van der Waals surface area contributed by atoms with E-state index in [1.807, 2.05) is 0 Å². The molecule has 0 aromatic carbocycles. The molecule has 0 aromatic heterocycles. The van der Waals surface area contributed by atoms with Gasteiger partial charge in [0.2, 0.25) is 0 Å². The summed E-state index contributed by atoms with van der Waals surface area (Å²) in [6.45, 7) is 4.67. The Bertz CT molecular complexity index is 139. The fraction of sp³-hybridized carbons (Fsp3) is 1.00. The third kappa shape index (κ3) is 3.58. The number of aliphatic hydroxyl groups is 1. The van der Waals surface area contributed by atoms with Gasteiger partial charge in [-0.3, -0.25) is 0 Å². The Morgan fingerprint density at radius 1 is 1.29 bits per heavy atom. The highest BCUT2D eigenvalue weighted by Crippen LogP contribution is 2.26. The first kappa shape index (κ1) is 12.0. The SMILES string of the molecule is CC[C@H](CO)N[C@H](C)C1CCCCC1. The summed E-state index contributed by atoms with van der Waals surface area (Å²) in [6.07, 6.45) is 7.97. The maximum absolute atomic E-state index is 9.11. The minimum Gasteiger partial charge on any atom is -0.395 e. The van der Waals surface area contributed by atoms with Crippen LogP contribution in [0.3, 0.4) is 0 Å². The van der Waals surface area contributed by atoms with Gasteiger partial charge in [0.05, 0.1) is 6.61 Å². The van der Waals surface area contributed by atoms with Crippen LogP contribution in [-0.2, 0) is 0 Å². The molecular formula is C12H25NO. The summed E-state index contributed by atoms with van der Waals surface area (Å²) < 4.78 is 0. The molecular weight excluding hydrogens is 174 g/mol. The van der Waals surface area contributed by atoms with E-state index in [9.17, 15) is 0 Å². The first-order chi connectivity index (χ1) is 6.77. The Morgan fingerprint density at radius 3 is 2.43 bits per heavy atom. The topological polar surface area (TPSA) is 32.3 Å². The summed E-state index contributed by atoms with van der Waals surface area (Å²) in [5.41, 5.74) is 0. The summed E-state index contributed by atoms with van der Waals surface area (Å²) >= 11 is 0. The van der Waals surface area contributed by atoms with Gasteiger partial charge in [-0.1, -0.05) is 26.2 Å². The Kier molecular flexibility index (Phi) is 5.49. The quantitative estimate of drug-likeness (QED) is 0.712. The Hall–Kier alpha value is -0.0800. The van der Waals surface area contributed by atoms with E-state index in [0.29, 0.717) is 12.1 Å². The summed E-state index contributed by atoms with van der Waals surface area (Å²) in [4.78, 5) is 0. The van der Waals surface area contributed by atoms with Gasteiger partial charge in [-0.25, -0.2) is 0 Å². The standard InChI is InChI=1S/C12H25NO/c1-3-12(9-14)13-10(2)11-7-5-4-6-8-11/h10-14H,3-9H2,1-2H3/t10-,12-/m1/s1. The van der Waals surface area contributed by atoms with Crippen molar-refractivity contribution in [3.8, 4) is 0 Å². The molecule has 1 rings (SSSR count). The molecule has 1 aliphatic rings. The molecule has 84 valence electrons. The summed E-state index contributed by atoms with van der Waals surface area (Å²) in [5, 5.41) is 12.6. The van der Waals surface area contributed by atoms with Crippen LogP contribution in [0.25, 0.3) is 0 Å². The van der Waals surface area contributed by atoms with E-state index < -0.39 is 0 Å². The third-order valence-electron chi connectivity index (χ3n) is 3.57. The lowest BCUT2D eigenvalue weighted by atomic mass is 9.84. The van der Waals surface area contributed by atoms with Crippen molar-refractivity contribution in [2.75, 3.05) is 6.61 Å². The lowest BCUT2D eigenvalue weighted by molar-refractivity contribution is 0.200. The Morgan fingerprint density at radius 2 is 1.93 bits per heavy atom. The van der Waals surface area contributed by atoms with Crippen molar-refractivity contribution in [2.24, 2.45) is 5.92 Å². The van der Waals surface area contributed by atoms with Gasteiger partial charge in [-0.05, 0) is 32.1 Å². The predicted molar refractivity (Wildman–Crippen MR) is 60.3 cm³/mol. The average Bonchev–Trinajstić information content (AvgIpc) is 2.26. The smallest absolute Gasteiger partial charge is 0.0584 e. The van der Waals surface area contributed by atoms with Crippen LogP contribution in [0.15, 0.2) is 0 Å². The summed E-state index contributed by atoms with van der Waals surface area (Å²) in [7, 11) is 0. The molecule has 14 heavy (non-hydrogen) atoms. The van der Waals surface area contributed by atoms with Gasteiger partial charge in [0.1, 0.15) is 0 Å². The summed E-state index contributed by atoms with van der Waals surface area (Å²) in [5.74, 6) is 0.837. The van der Waals surface area contributed by atoms with Gasteiger partial charge in [-0.2, -0.15) is 0 Å². The van der Waals surface area contributed by atoms with Crippen LogP contribution in [-0.4, -0.2) is 23.8 Å². The van der Waals surface area contributed by atoms with Crippen molar-refractivity contribution >= 4 is 0 Å². The van der Waals surface area contributed by atoms with Crippen LogP contribution in [0, 0.1) is 5.92 Å². The van der Waals surface area contributed by atoms with E-state index in [4.69, 9.17) is 5.11 Å². The second kappa shape index (κ2) is 6.41. The van der Waals surface area contributed by atoms with Gasteiger partial charge in [0.25, 0.3) is 0 Å². The molecule has 0 unspecified atom stereocenters. The highest BCUT2D eigenvalue weighted by molar-refractivity contribution is 4.78. The first-order valence-corrected chi connectivity index (χ1v) is 6.14. The van der Waals surface area contributed by atoms with Crippen molar-refractivity contribution in [2.45, 2.75) is 64.5 Å². The van der Waals surface area contributed by atoms with Crippen molar-refractivity contribution < 1.29 is 5.11 Å². The number of hydrogen-bond donors (Lipinski definition) is 2. The molecule has 0 aromatic rings. The number of nitrogens with one attached hydrogen (secondary N) is 1. The van der Waals surface area contributed by atoms with E-state index in [0.717, 1.165) is 12.3 Å². The first-order valence-electron chi connectivity index (χ1n) is 6.14. The molecule has 2 heteroatoms. The van der Waals surface area contributed by atoms with Crippen LogP contribution in [0.5, 0.6) is 0 Å². The molecule has 0 radical (unpaired) electrons. The van der Waals surface area contributed by atoms with Gasteiger partial charge in [-0.15, -0.1) is 0 Å². The van der Waals surface area contributed by atoms with Crippen LogP contribution >= 0.6 is 0 Å². The Labute approximate surface area is 88.1 Å². The van der Waals surface area contributed by atoms with Crippen molar-refractivity contribution in [3.05, 3.63) is 0 Å². The van der Waals surface area contributed by atoms with Crippen LogP contribution in [0.1, 0.15) is 52.4 Å². The average molecular weight is 199 g/mol. The zero-order valence-corrected chi connectivity index (χ0v) is 9.63. The Balaban J connectivity index is 2.27. The fourth-order valence-corrected chi connectivity index (χ4v) is 2.44. The second-order valence-corrected chi connectivity index (χ2v) is 4.64. The van der Waals surface area contributed by atoms with Crippen LogP contribution in [0.2, 0.25) is 0 Å². The molecule has 2 N–H and O–H groups in total. The van der Waals surface area contributed by atoms with Crippen molar-refractivity contribution in [3.63, 3.8) is 0 Å². The lowest BCUT2D eigenvalue weighted by Gasteiger charge is -2.31. The molecule has 1 saturated carbocycles. The van der Waals surface area contributed by atoms with Crippen LogP contribution in [0.4, 0.5) is 0 Å². The molecule has 0 amide bonds. The monoisotopic (exact) mass is 199 g/mol. The third-order valence-corrected chi connectivity index (χ3v) is 3.57. The fourth-order valence-electron chi connectivity index (χ4n) is 2.44. The molecule has 1 fully saturated rings. The maximum atomic E-state index is 9.11. The van der Waals surface area contributed by atoms with E-state index in [1.165, 1.54) is 32.1 Å². The number of hydrogen-bond acceptors (Lipinski definition) is 2. The number of aliphatic hydroxyl groups excluding tert-OH is 1. The molecule has 2 nitrogen and oxygen atoms in total. The highest BCUT2D eigenvalue weighted by Gasteiger charge is 2.21. The second-order valence-electron chi connectivity index (χ2n) is 4.64. The van der Waals surface area contributed by atoms with Gasteiger partial charge in [0.15, 0.2) is 0 Å². The normalized spacial score (nSPS) is 23.4. The zero-order valence-electron chi connectivity index (χ0n) is 9.63. The van der Waals surface area contributed by atoms with Gasteiger partial charge >= 0.3 is 0 Å². The molecule has 0 spiro atoms. The van der Waals surface area contributed by atoms with Crippen molar-refractivity contribution in [1.29, 1.82) is 0 Å². The zero-order chi connectivity index (χ0) is 10.4. The van der Waals surface area contributed by atoms with Crippen molar-refractivity contribution in [1.82, 2.24) is 5.32 Å². The molecule has 2 atom stereocenters. The minimum atomic E-state index is 0.271. The molecule has 0 heterocycles. The molecule has 0 aliphatic heterocycles. The van der Waals surface area contributed by atoms with E-state index >= 15 is 0 Å². The molecule has 0 saturated heterocycles. The minimum absolute atomic E-state index is 0.271. The van der Waals surface area contributed by atoms with E-state index in [1.54, 1.807) is 0 Å². The maximum Gasteiger partial charge on any atom is 0.0584 e. The lowest BCUT2D eigenvalue weighted by Crippen LogP contribution is -2.43. The highest BCUT2D eigenvalue weighted by atomic mass is 16.3. The van der Waals surface area contributed by atoms with Crippen LogP contribution < -0.4 is 5.32 Å². The molecule has 1 aliphatic carbocycles.